The van der Waals surface area contributed by atoms with Crippen molar-refractivity contribution in [1.82, 2.24) is 10.6 Å². The van der Waals surface area contributed by atoms with Gasteiger partial charge in [0.05, 0.1) is 0 Å². The second-order valence-electron chi connectivity index (χ2n) is 7.05. The summed E-state index contributed by atoms with van der Waals surface area (Å²) in [5.41, 5.74) is -0.424. The number of hydrogen-bond acceptors (Lipinski definition) is 3. The van der Waals surface area contributed by atoms with E-state index in [-0.39, 0.29) is 12.1 Å². The van der Waals surface area contributed by atoms with E-state index < -0.39 is 5.60 Å². The Morgan fingerprint density at radius 3 is 2.26 bits per heavy atom. The number of carbonyl (C=O) groups excluding carboxylic acids is 1. The first-order valence-corrected chi connectivity index (χ1v) is 7.43. The number of carbonyl (C=O) groups is 1. The number of alkyl carbamates (subject to hydrolysis) is 1. The third-order valence-electron chi connectivity index (χ3n) is 3.65. The summed E-state index contributed by atoms with van der Waals surface area (Å²) in [5.74, 6) is 0.637. The van der Waals surface area contributed by atoms with Crippen LogP contribution < -0.4 is 10.6 Å². The van der Waals surface area contributed by atoms with E-state index in [1.165, 1.54) is 0 Å². The first-order chi connectivity index (χ1) is 8.67. The molecule has 0 heterocycles. The average molecular weight is 270 g/mol. The summed E-state index contributed by atoms with van der Waals surface area (Å²) in [5, 5.41) is 6.60. The molecule has 1 amide bonds. The largest absolute Gasteiger partial charge is 0.444 e. The fourth-order valence-corrected chi connectivity index (χ4v) is 2.30. The lowest BCUT2D eigenvalue weighted by atomic mass is 10.0. The van der Waals surface area contributed by atoms with E-state index in [1.54, 1.807) is 0 Å². The van der Waals surface area contributed by atoms with Crippen molar-refractivity contribution in [1.29, 1.82) is 0 Å². The fourth-order valence-electron chi connectivity index (χ4n) is 2.30. The van der Waals surface area contributed by atoms with Crippen molar-refractivity contribution in [3.63, 3.8) is 0 Å². The Bertz CT molecular complexity index is 297. The summed E-state index contributed by atoms with van der Waals surface area (Å²) in [6.07, 6.45) is 2.85. The van der Waals surface area contributed by atoms with Gasteiger partial charge in [-0.3, -0.25) is 0 Å². The minimum absolute atomic E-state index is 0.242. The highest BCUT2D eigenvalue weighted by Gasteiger charge is 2.28. The number of nitrogens with one attached hydrogen (secondary N) is 2. The summed E-state index contributed by atoms with van der Waals surface area (Å²) in [6, 6.07) is 1.27. The topological polar surface area (TPSA) is 50.4 Å². The second kappa shape index (κ2) is 6.60. The zero-order chi connectivity index (χ0) is 14.6. The second-order valence-corrected chi connectivity index (χ2v) is 7.05. The molecule has 0 aliphatic heterocycles. The van der Waals surface area contributed by atoms with E-state index in [1.807, 2.05) is 20.8 Å². The number of rotatable bonds is 4. The van der Waals surface area contributed by atoms with E-state index in [4.69, 9.17) is 4.74 Å². The quantitative estimate of drug-likeness (QED) is 0.825. The SMILES string of the molecule is CC(C)C(C)NC1CCC(NC(=O)OC(C)(C)C)C1. The van der Waals surface area contributed by atoms with Gasteiger partial charge in [-0.25, -0.2) is 4.79 Å². The van der Waals surface area contributed by atoms with Crippen molar-refractivity contribution >= 4 is 6.09 Å². The van der Waals surface area contributed by atoms with Crippen LogP contribution in [0.25, 0.3) is 0 Å². The molecule has 19 heavy (non-hydrogen) atoms. The molecule has 1 fully saturated rings. The van der Waals surface area contributed by atoms with Crippen LogP contribution in [0.2, 0.25) is 0 Å². The third-order valence-corrected chi connectivity index (χ3v) is 3.65. The van der Waals surface area contributed by atoms with E-state index in [0.29, 0.717) is 18.0 Å². The van der Waals surface area contributed by atoms with Crippen molar-refractivity contribution in [2.24, 2.45) is 5.92 Å². The fraction of sp³-hybridized carbons (Fsp3) is 0.933. The van der Waals surface area contributed by atoms with Crippen molar-refractivity contribution in [3.8, 4) is 0 Å². The molecule has 0 saturated heterocycles. The maximum absolute atomic E-state index is 11.7. The standard InChI is InChI=1S/C15H30N2O2/c1-10(2)11(3)16-12-7-8-13(9-12)17-14(18)19-15(4,5)6/h10-13,16H,7-9H2,1-6H3,(H,17,18). The van der Waals surface area contributed by atoms with Crippen molar-refractivity contribution in [3.05, 3.63) is 0 Å². The van der Waals surface area contributed by atoms with Gasteiger partial charge in [-0.15, -0.1) is 0 Å². The van der Waals surface area contributed by atoms with E-state index in [9.17, 15) is 4.79 Å². The normalized spacial score (nSPS) is 25.4. The molecular weight excluding hydrogens is 240 g/mol. The van der Waals surface area contributed by atoms with Crippen LogP contribution in [-0.2, 0) is 4.74 Å². The van der Waals surface area contributed by atoms with Crippen LogP contribution in [0.3, 0.4) is 0 Å². The smallest absolute Gasteiger partial charge is 0.407 e. The van der Waals surface area contributed by atoms with Gasteiger partial charge in [-0.2, -0.15) is 0 Å². The number of ether oxygens (including phenoxy) is 1. The average Bonchev–Trinajstić information content (AvgIpc) is 2.61. The van der Waals surface area contributed by atoms with Crippen molar-refractivity contribution in [2.75, 3.05) is 0 Å². The Labute approximate surface area is 117 Å². The van der Waals surface area contributed by atoms with Crippen molar-refractivity contribution < 1.29 is 9.53 Å². The van der Waals surface area contributed by atoms with Gasteiger partial charge in [0.1, 0.15) is 5.60 Å². The van der Waals surface area contributed by atoms with Crippen molar-refractivity contribution in [2.45, 2.75) is 84.5 Å². The molecule has 3 atom stereocenters. The van der Waals surface area contributed by atoms with Crippen LogP contribution >= 0.6 is 0 Å². The molecule has 0 aromatic carbocycles. The molecule has 0 spiro atoms. The third kappa shape index (κ3) is 6.28. The summed E-state index contributed by atoms with van der Waals surface area (Å²) < 4.78 is 5.28. The zero-order valence-electron chi connectivity index (χ0n) is 13.2. The molecule has 4 heteroatoms. The van der Waals surface area contributed by atoms with Gasteiger partial charge in [-0.05, 0) is 52.9 Å². The van der Waals surface area contributed by atoms with Gasteiger partial charge in [-0.1, -0.05) is 13.8 Å². The lowest BCUT2D eigenvalue weighted by molar-refractivity contribution is 0.0505. The summed E-state index contributed by atoms with van der Waals surface area (Å²) >= 11 is 0. The Kier molecular flexibility index (Phi) is 5.65. The molecule has 3 unspecified atom stereocenters. The van der Waals surface area contributed by atoms with Gasteiger partial charge < -0.3 is 15.4 Å². The van der Waals surface area contributed by atoms with Crippen LogP contribution in [0.15, 0.2) is 0 Å². The highest BCUT2D eigenvalue weighted by molar-refractivity contribution is 5.68. The number of hydrogen-bond donors (Lipinski definition) is 2. The molecule has 2 N–H and O–H groups in total. The molecule has 0 aromatic heterocycles. The summed E-state index contributed by atoms with van der Waals surface area (Å²) in [7, 11) is 0. The molecule has 112 valence electrons. The van der Waals surface area contributed by atoms with Crippen LogP contribution in [-0.4, -0.2) is 29.8 Å². The van der Waals surface area contributed by atoms with E-state index >= 15 is 0 Å². The predicted octanol–water partition coefficient (Wildman–Crippen LogP) is 3.07. The molecule has 0 aromatic rings. The van der Waals surface area contributed by atoms with Gasteiger partial charge in [0.2, 0.25) is 0 Å². The van der Waals surface area contributed by atoms with Gasteiger partial charge in [0, 0.05) is 18.1 Å². The highest BCUT2D eigenvalue weighted by Crippen LogP contribution is 2.21. The Morgan fingerprint density at radius 2 is 1.74 bits per heavy atom. The van der Waals surface area contributed by atoms with Gasteiger partial charge >= 0.3 is 6.09 Å². The predicted molar refractivity (Wildman–Crippen MR) is 78.2 cm³/mol. The van der Waals surface area contributed by atoms with E-state index in [0.717, 1.165) is 19.3 Å². The van der Waals surface area contributed by atoms with Crippen LogP contribution in [0.4, 0.5) is 4.79 Å². The molecule has 1 saturated carbocycles. The maximum atomic E-state index is 11.7. The molecule has 1 aliphatic carbocycles. The summed E-state index contributed by atoms with van der Waals surface area (Å²) in [6.45, 7) is 12.3. The molecule has 0 bridgehead atoms. The first-order valence-electron chi connectivity index (χ1n) is 7.43. The zero-order valence-corrected chi connectivity index (χ0v) is 13.2. The number of amides is 1. The van der Waals surface area contributed by atoms with Crippen LogP contribution in [0, 0.1) is 5.92 Å². The lowest BCUT2D eigenvalue weighted by Crippen LogP contribution is -2.41. The minimum atomic E-state index is -0.424. The Morgan fingerprint density at radius 1 is 1.16 bits per heavy atom. The maximum Gasteiger partial charge on any atom is 0.407 e. The van der Waals surface area contributed by atoms with Gasteiger partial charge in [0.25, 0.3) is 0 Å². The Hall–Kier alpha value is -0.770. The monoisotopic (exact) mass is 270 g/mol. The Balaban J connectivity index is 2.30. The molecule has 1 aliphatic rings. The molecular formula is C15H30N2O2. The van der Waals surface area contributed by atoms with Gasteiger partial charge in [0.15, 0.2) is 0 Å². The van der Waals surface area contributed by atoms with Crippen LogP contribution in [0.1, 0.15) is 60.8 Å². The molecule has 0 radical (unpaired) electrons. The minimum Gasteiger partial charge on any atom is -0.444 e. The van der Waals surface area contributed by atoms with Crippen LogP contribution in [0.5, 0.6) is 0 Å². The van der Waals surface area contributed by atoms with E-state index in [2.05, 4.69) is 31.4 Å². The first kappa shape index (κ1) is 16.3. The molecule has 4 nitrogen and oxygen atoms in total. The molecule has 1 rings (SSSR count). The lowest BCUT2D eigenvalue weighted by Gasteiger charge is -2.23. The summed E-state index contributed by atoms with van der Waals surface area (Å²) in [4.78, 5) is 11.7. The highest BCUT2D eigenvalue weighted by atomic mass is 16.6.